The van der Waals surface area contributed by atoms with Crippen LogP contribution in [0, 0.1) is 0 Å². The fourth-order valence-corrected chi connectivity index (χ4v) is 3.32. The van der Waals surface area contributed by atoms with Crippen molar-refractivity contribution in [3.05, 3.63) is 75.9 Å². The van der Waals surface area contributed by atoms with E-state index in [-0.39, 0.29) is 11.7 Å². The van der Waals surface area contributed by atoms with Crippen LogP contribution in [-0.4, -0.2) is 18.3 Å². The van der Waals surface area contributed by atoms with Gasteiger partial charge in [-0.05, 0) is 55.0 Å². The van der Waals surface area contributed by atoms with Crippen molar-refractivity contribution in [3.8, 4) is 5.75 Å². The zero-order chi connectivity index (χ0) is 19.1. The van der Waals surface area contributed by atoms with Crippen molar-refractivity contribution >= 4 is 23.0 Å². The molecule has 1 amide bonds. The molecular weight excluding hydrogens is 362 g/mol. The van der Waals surface area contributed by atoms with Crippen LogP contribution in [0.2, 0.25) is 0 Å². The molecule has 3 aromatic rings. The molecule has 140 valence electrons. The van der Waals surface area contributed by atoms with Crippen LogP contribution in [0.3, 0.4) is 0 Å². The van der Waals surface area contributed by atoms with Crippen LogP contribution in [0.25, 0.3) is 0 Å². The van der Waals surface area contributed by atoms with Crippen molar-refractivity contribution in [2.24, 2.45) is 0 Å². The number of carbonyl (C=O) groups excluding carboxylic acids is 2. The van der Waals surface area contributed by atoms with E-state index < -0.39 is 0 Å². The molecule has 27 heavy (non-hydrogen) atoms. The fraction of sp³-hybridized carbons (Fsp3) is 0.238. The van der Waals surface area contributed by atoms with Gasteiger partial charge in [0.15, 0.2) is 5.76 Å². The van der Waals surface area contributed by atoms with Gasteiger partial charge in [0.1, 0.15) is 5.75 Å². The first-order valence-electron chi connectivity index (χ1n) is 8.85. The van der Waals surface area contributed by atoms with Gasteiger partial charge in [-0.2, -0.15) is 0 Å². The molecule has 1 aromatic carbocycles. The normalized spacial score (nSPS) is 10.6. The molecule has 0 atom stereocenters. The van der Waals surface area contributed by atoms with Crippen LogP contribution >= 0.6 is 11.3 Å². The first kappa shape index (κ1) is 18.9. The highest BCUT2D eigenvalue weighted by Crippen LogP contribution is 2.20. The second-order valence-electron chi connectivity index (χ2n) is 5.98. The Morgan fingerprint density at radius 1 is 1.11 bits per heavy atom. The number of hydrogen-bond donors (Lipinski definition) is 1. The van der Waals surface area contributed by atoms with Crippen molar-refractivity contribution in [2.75, 3.05) is 6.61 Å². The second-order valence-corrected chi connectivity index (χ2v) is 7.15. The van der Waals surface area contributed by atoms with Crippen LogP contribution in [-0.2, 0) is 6.54 Å². The van der Waals surface area contributed by atoms with Gasteiger partial charge < -0.3 is 14.5 Å². The molecule has 0 unspecified atom stereocenters. The average Bonchev–Trinajstić information content (AvgIpc) is 3.38. The number of benzene rings is 1. The summed E-state index contributed by atoms with van der Waals surface area (Å²) in [6.07, 6.45) is 3.56. The molecule has 0 saturated carbocycles. The van der Waals surface area contributed by atoms with Crippen molar-refractivity contribution < 1.29 is 18.7 Å². The van der Waals surface area contributed by atoms with Gasteiger partial charge >= 0.3 is 0 Å². The van der Waals surface area contributed by atoms with Crippen LogP contribution in [0.15, 0.2) is 59.2 Å². The predicted octanol–water partition coefficient (Wildman–Crippen LogP) is 4.68. The third kappa shape index (κ3) is 5.08. The number of furan rings is 1. The maximum atomic E-state index is 12.3. The molecule has 2 aromatic heterocycles. The minimum atomic E-state index is -0.164. The number of thiophene rings is 1. The Kier molecular flexibility index (Phi) is 6.44. The van der Waals surface area contributed by atoms with Crippen molar-refractivity contribution in [1.29, 1.82) is 0 Å². The molecule has 0 radical (unpaired) electrons. The van der Waals surface area contributed by atoms with Crippen molar-refractivity contribution in [2.45, 2.75) is 26.3 Å². The van der Waals surface area contributed by atoms with E-state index in [1.807, 2.05) is 6.07 Å². The summed E-state index contributed by atoms with van der Waals surface area (Å²) in [5.74, 6) is 0.761. The molecular formula is C21H21NO4S. The third-order valence-corrected chi connectivity index (χ3v) is 5.02. The zero-order valence-corrected chi connectivity index (χ0v) is 15.9. The number of rotatable bonds is 9. The number of nitrogens with one attached hydrogen (secondary N) is 1. The second kappa shape index (κ2) is 9.19. The van der Waals surface area contributed by atoms with Crippen molar-refractivity contribution in [3.63, 3.8) is 0 Å². The molecule has 0 aliphatic heterocycles. The monoisotopic (exact) mass is 383 g/mol. The quantitative estimate of drug-likeness (QED) is 0.430. The molecule has 0 spiro atoms. The Morgan fingerprint density at radius 3 is 2.63 bits per heavy atom. The van der Waals surface area contributed by atoms with E-state index in [1.165, 1.54) is 17.6 Å². The van der Waals surface area contributed by atoms with E-state index in [4.69, 9.17) is 9.15 Å². The molecule has 0 saturated heterocycles. The Morgan fingerprint density at radius 2 is 1.93 bits per heavy atom. The largest absolute Gasteiger partial charge is 0.494 e. The maximum absolute atomic E-state index is 12.3. The lowest BCUT2D eigenvalue weighted by atomic mass is 10.2. The summed E-state index contributed by atoms with van der Waals surface area (Å²) in [5.41, 5.74) is 0.571. The number of ketones is 1. The van der Waals surface area contributed by atoms with Crippen LogP contribution in [0.5, 0.6) is 5.75 Å². The minimum absolute atomic E-state index is 0.152. The van der Waals surface area contributed by atoms with Gasteiger partial charge in [0.2, 0.25) is 5.78 Å². The third-order valence-electron chi connectivity index (χ3n) is 3.94. The first-order valence-corrected chi connectivity index (χ1v) is 9.67. The highest BCUT2D eigenvalue weighted by Gasteiger charge is 2.14. The highest BCUT2D eigenvalue weighted by molar-refractivity contribution is 7.14. The lowest BCUT2D eigenvalue weighted by molar-refractivity contribution is 0.0950. The van der Waals surface area contributed by atoms with Gasteiger partial charge in [-0.25, -0.2) is 0 Å². The lowest BCUT2D eigenvalue weighted by Gasteiger charge is -2.07. The van der Waals surface area contributed by atoms with Gasteiger partial charge in [0.05, 0.1) is 24.3 Å². The topological polar surface area (TPSA) is 68.5 Å². The Labute approximate surface area is 162 Å². The molecule has 1 N–H and O–H groups in total. The Bertz CT molecular complexity index is 881. The van der Waals surface area contributed by atoms with Gasteiger partial charge in [0.25, 0.3) is 5.91 Å². The van der Waals surface area contributed by atoms with Gasteiger partial charge in [-0.15, -0.1) is 11.3 Å². The Hall–Kier alpha value is -2.86. The molecule has 2 heterocycles. The standard InChI is InChI=1S/C21H21NO4S/c1-2-3-12-25-16-8-6-15(7-9-16)21(24)22-14-17-10-11-19(27-17)20(23)18-5-4-13-26-18/h4-11,13H,2-3,12,14H2,1H3,(H,22,24). The van der Waals surface area contributed by atoms with E-state index in [1.54, 1.807) is 42.5 Å². The van der Waals surface area contributed by atoms with E-state index in [2.05, 4.69) is 12.2 Å². The summed E-state index contributed by atoms with van der Waals surface area (Å²) in [4.78, 5) is 26.0. The van der Waals surface area contributed by atoms with E-state index in [0.29, 0.717) is 29.4 Å². The average molecular weight is 383 g/mol. The molecule has 3 rings (SSSR count). The fourth-order valence-electron chi connectivity index (χ4n) is 2.43. The molecule has 0 bridgehead atoms. The SMILES string of the molecule is CCCCOc1ccc(C(=O)NCc2ccc(C(=O)c3ccco3)s2)cc1. The number of hydrogen-bond acceptors (Lipinski definition) is 5. The summed E-state index contributed by atoms with van der Waals surface area (Å²) in [6, 6.07) is 14.0. The van der Waals surface area contributed by atoms with E-state index in [0.717, 1.165) is 23.5 Å². The zero-order valence-electron chi connectivity index (χ0n) is 15.1. The van der Waals surface area contributed by atoms with Gasteiger partial charge in [0, 0.05) is 10.4 Å². The smallest absolute Gasteiger partial charge is 0.251 e. The Balaban J connectivity index is 1.52. The lowest BCUT2D eigenvalue weighted by Crippen LogP contribution is -2.22. The van der Waals surface area contributed by atoms with Crippen LogP contribution < -0.4 is 10.1 Å². The van der Waals surface area contributed by atoms with E-state index in [9.17, 15) is 9.59 Å². The number of amides is 1. The van der Waals surface area contributed by atoms with Crippen LogP contribution in [0.4, 0.5) is 0 Å². The number of ether oxygens (including phenoxy) is 1. The number of carbonyl (C=O) groups is 2. The highest BCUT2D eigenvalue weighted by atomic mass is 32.1. The van der Waals surface area contributed by atoms with Crippen molar-refractivity contribution in [1.82, 2.24) is 5.32 Å². The summed E-state index contributed by atoms with van der Waals surface area (Å²) < 4.78 is 10.7. The minimum Gasteiger partial charge on any atom is -0.494 e. The van der Waals surface area contributed by atoms with Crippen LogP contribution in [0.1, 0.15) is 50.4 Å². The molecule has 0 aliphatic carbocycles. The molecule has 0 fully saturated rings. The van der Waals surface area contributed by atoms with Gasteiger partial charge in [-0.3, -0.25) is 9.59 Å². The summed E-state index contributed by atoms with van der Waals surface area (Å²) >= 11 is 1.35. The molecule has 5 nitrogen and oxygen atoms in total. The molecule has 6 heteroatoms. The number of unbranched alkanes of at least 4 members (excludes halogenated alkanes) is 1. The maximum Gasteiger partial charge on any atom is 0.251 e. The van der Waals surface area contributed by atoms with Gasteiger partial charge in [-0.1, -0.05) is 13.3 Å². The van der Waals surface area contributed by atoms with E-state index >= 15 is 0 Å². The predicted molar refractivity (Wildman–Crippen MR) is 104 cm³/mol. The summed E-state index contributed by atoms with van der Waals surface area (Å²) in [5, 5.41) is 2.87. The summed E-state index contributed by atoms with van der Waals surface area (Å²) in [6.45, 7) is 3.16. The first-order chi connectivity index (χ1) is 13.2. The summed E-state index contributed by atoms with van der Waals surface area (Å²) in [7, 11) is 0. The molecule has 0 aliphatic rings.